The second-order valence-corrected chi connectivity index (χ2v) is 4.48. The van der Waals surface area contributed by atoms with E-state index in [2.05, 4.69) is 5.32 Å². The second kappa shape index (κ2) is 6.60. The van der Waals surface area contributed by atoms with Gasteiger partial charge in [0.2, 0.25) is 0 Å². The van der Waals surface area contributed by atoms with Crippen LogP contribution in [0.3, 0.4) is 0 Å². The number of carbonyl (C=O) groups is 1. The number of aliphatic hydroxyl groups excluding tert-OH is 1. The van der Waals surface area contributed by atoms with Crippen LogP contribution in [0, 0.1) is 6.92 Å². The molecule has 90 valence electrons. The van der Waals surface area contributed by atoms with Crippen molar-refractivity contribution in [3.8, 4) is 0 Å². The zero-order valence-electron chi connectivity index (χ0n) is 9.53. The molecule has 0 radical (unpaired) electrons. The van der Waals surface area contributed by atoms with Gasteiger partial charge in [-0.15, -0.1) is 0 Å². The van der Waals surface area contributed by atoms with Gasteiger partial charge in [0.15, 0.2) is 5.76 Å². The van der Waals surface area contributed by atoms with Crippen molar-refractivity contribution in [1.82, 2.24) is 5.32 Å². The Hall–Kier alpha value is -0.940. The lowest BCUT2D eigenvalue weighted by Gasteiger charge is -2.15. The van der Waals surface area contributed by atoms with Gasteiger partial charge >= 0.3 is 0 Å². The number of aliphatic hydroxyl groups is 1. The van der Waals surface area contributed by atoms with Gasteiger partial charge in [-0.1, -0.05) is 0 Å². The van der Waals surface area contributed by atoms with Crippen molar-refractivity contribution in [2.45, 2.75) is 19.4 Å². The maximum atomic E-state index is 11.8. The summed E-state index contributed by atoms with van der Waals surface area (Å²) in [6.07, 6.45) is 4.03. The maximum Gasteiger partial charge on any atom is 0.287 e. The van der Waals surface area contributed by atoms with Crippen molar-refractivity contribution in [3.63, 3.8) is 0 Å². The molecule has 4 nitrogen and oxygen atoms in total. The molecule has 1 aromatic heterocycles. The smallest absolute Gasteiger partial charge is 0.287 e. The summed E-state index contributed by atoms with van der Waals surface area (Å²) in [5, 5.41) is 11.7. The Balaban J connectivity index is 2.58. The first-order valence-electron chi connectivity index (χ1n) is 5.13. The minimum Gasteiger partial charge on any atom is -0.459 e. The van der Waals surface area contributed by atoms with E-state index in [4.69, 9.17) is 9.52 Å². The molecule has 1 atom stereocenters. The molecule has 0 aromatic carbocycles. The van der Waals surface area contributed by atoms with E-state index in [1.165, 1.54) is 6.26 Å². The summed E-state index contributed by atoms with van der Waals surface area (Å²) in [7, 11) is 0. The standard InChI is InChI=1S/C11H17NO3S/c1-8-4-6-15-10(8)11(14)12-9(3-5-13)7-16-2/h4,6,9,13H,3,5,7H2,1-2H3,(H,12,14). The summed E-state index contributed by atoms with van der Waals surface area (Å²) in [5.41, 5.74) is 0.824. The van der Waals surface area contributed by atoms with E-state index in [0.717, 1.165) is 11.3 Å². The molecular formula is C11H17NO3S. The lowest BCUT2D eigenvalue weighted by atomic mass is 10.2. The van der Waals surface area contributed by atoms with E-state index < -0.39 is 0 Å². The number of amides is 1. The average molecular weight is 243 g/mol. The maximum absolute atomic E-state index is 11.8. The Kier molecular flexibility index (Phi) is 5.42. The van der Waals surface area contributed by atoms with Crippen LogP contribution in [0.15, 0.2) is 16.7 Å². The van der Waals surface area contributed by atoms with Crippen molar-refractivity contribution >= 4 is 17.7 Å². The monoisotopic (exact) mass is 243 g/mol. The van der Waals surface area contributed by atoms with E-state index in [-0.39, 0.29) is 18.6 Å². The number of furan rings is 1. The van der Waals surface area contributed by atoms with Crippen molar-refractivity contribution in [2.24, 2.45) is 0 Å². The molecule has 0 saturated carbocycles. The minimum absolute atomic E-state index is 0.0167. The first kappa shape index (κ1) is 13.1. The van der Waals surface area contributed by atoms with Crippen molar-refractivity contribution < 1.29 is 14.3 Å². The molecule has 1 unspecified atom stereocenters. The number of carbonyl (C=O) groups excluding carboxylic acids is 1. The normalized spacial score (nSPS) is 12.4. The molecule has 1 amide bonds. The van der Waals surface area contributed by atoms with Gasteiger partial charge in [-0.2, -0.15) is 11.8 Å². The van der Waals surface area contributed by atoms with Gasteiger partial charge in [-0.05, 0) is 25.7 Å². The SMILES string of the molecule is CSCC(CCO)NC(=O)c1occc1C. The van der Waals surface area contributed by atoms with Crippen LogP contribution in [0.4, 0.5) is 0 Å². The number of hydrogen-bond acceptors (Lipinski definition) is 4. The van der Waals surface area contributed by atoms with Gasteiger partial charge in [0.1, 0.15) is 0 Å². The first-order chi connectivity index (χ1) is 7.69. The largest absolute Gasteiger partial charge is 0.459 e. The molecule has 16 heavy (non-hydrogen) atoms. The highest BCUT2D eigenvalue weighted by Crippen LogP contribution is 2.10. The van der Waals surface area contributed by atoms with Crippen molar-refractivity contribution in [2.75, 3.05) is 18.6 Å². The van der Waals surface area contributed by atoms with Gasteiger partial charge in [0.05, 0.1) is 6.26 Å². The van der Waals surface area contributed by atoms with Crippen LogP contribution in [-0.4, -0.2) is 35.7 Å². The van der Waals surface area contributed by atoms with E-state index in [1.807, 2.05) is 13.2 Å². The number of rotatable bonds is 6. The van der Waals surface area contributed by atoms with E-state index in [1.54, 1.807) is 17.8 Å². The molecule has 1 aromatic rings. The third-order valence-electron chi connectivity index (χ3n) is 2.25. The summed E-state index contributed by atoms with van der Waals surface area (Å²) < 4.78 is 5.10. The number of hydrogen-bond donors (Lipinski definition) is 2. The Morgan fingerprint density at radius 2 is 2.44 bits per heavy atom. The molecule has 0 aliphatic carbocycles. The molecule has 0 spiro atoms. The Morgan fingerprint density at radius 1 is 1.69 bits per heavy atom. The van der Waals surface area contributed by atoms with Crippen molar-refractivity contribution in [3.05, 3.63) is 23.7 Å². The predicted molar refractivity (Wildman–Crippen MR) is 64.8 cm³/mol. The van der Waals surface area contributed by atoms with Gasteiger partial charge < -0.3 is 14.8 Å². The Morgan fingerprint density at radius 3 is 2.94 bits per heavy atom. The molecule has 2 N–H and O–H groups in total. The van der Waals surface area contributed by atoms with Crippen LogP contribution in [-0.2, 0) is 0 Å². The fourth-order valence-corrected chi connectivity index (χ4v) is 2.06. The highest BCUT2D eigenvalue weighted by molar-refractivity contribution is 7.98. The molecule has 0 aliphatic heterocycles. The number of aryl methyl sites for hydroxylation is 1. The van der Waals surface area contributed by atoms with Crippen LogP contribution in [0.25, 0.3) is 0 Å². The zero-order chi connectivity index (χ0) is 12.0. The van der Waals surface area contributed by atoms with Gasteiger partial charge in [-0.3, -0.25) is 4.79 Å². The van der Waals surface area contributed by atoms with Crippen LogP contribution in [0.1, 0.15) is 22.5 Å². The second-order valence-electron chi connectivity index (χ2n) is 3.57. The molecule has 5 heteroatoms. The minimum atomic E-state index is -0.213. The average Bonchev–Trinajstić information content (AvgIpc) is 2.65. The third-order valence-corrected chi connectivity index (χ3v) is 2.98. The molecular weight excluding hydrogens is 226 g/mol. The summed E-state index contributed by atoms with van der Waals surface area (Å²) in [6.45, 7) is 1.90. The van der Waals surface area contributed by atoms with Crippen molar-refractivity contribution in [1.29, 1.82) is 0 Å². The molecule has 0 bridgehead atoms. The van der Waals surface area contributed by atoms with Crippen LogP contribution in [0.2, 0.25) is 0 Å². The summed E-state index contributed by atoms with van der Waals surface area (Å²) in [5.74, 6) is 0.922. The molecule has 1 heterocycles. The summed E-state index contributed by atoms with van der Waals surface area (Å²) in [6, 6.07) is 1.74. The van der Waals surface area contributed by atoms with Crippen LogP contribution < -0.4 is 5.32 Å². The lowest BCUT2D eigenvalue weighted by molar-refractivity contribution is 0.0906. The quantitative estimate of drug-likeness (QED) is 0.793. The third kappa shape index (κ3) is 3.57. The lowest BCUT2D eigenvalue weighted by Crippen LogP contribution is -2.37. The summed E-state index contributed by atoms with van der Waals surface area (Å²) in [4.78, 5) is 11.8. The molecule has 0 fully saturated rings. The summed E-state index contributed by atoms with van der Waals surface area (Å²) >= 11 is 1.64. The van der Waals surface area contributed by atoms with Crippen LogP contribution >= 0.6 is 11.8 Å². The van der Waals surface area contributed by atoms with E-state index >= 15 is 0 Å². The first-order valence-corrected chi connectivity index (χ1v) is 6.53. The van der Waals surface area contributed by atoms with Gasteiger partial charge in [-0.25, -0.2) is 0 Å². The highest BCUT2D eigenvalue weighted by atomic mass is 32.2. The Bertz CT molecular complexity index is 332. The molecule has 1 rings (SSSR count). The Labute approximate surface area is 99.4 Å². The molecule has 0 saturated heterocycles. The predicted octanol–water partition coefficient (Wildman–Crippen LogP) is 1.43. The fourth-order valence-electron chi connectivity index (χ4n) is 1.41. The van der Waals surface area contributed by atoms with Crippen LogP contribution in [0.5, 0.6) is 0 Å². The van der Waals surface area contributed by atoms with Gasteiger partial charge in [0.25, 0.3) is 5.91 Å². The fraction of sp³-hybridized carbons (Fsp3) is 0.545. The highest BCUT2D eigenvalue weighted by Gasteiger charge is 2.16. The van der Waals surface area contributed by atoms with E-state index in [0.29, 0.717) is 12.2 Å². The number of nitrogens with one attached hydrogen (secondary N) is 1. The zero-order valence-corrected chi connectivity index (χ0v) is 10.3. The van der Waals surface area contributed by atoms with E-state index in [9.17, 15) is 4.79 Å². The molecule has 0 aliphatic rings. The number of thioether (sulfide) groups is 1. The van der Waals surface area contributed by atoms with Gasteiger partial charge in [0, 0.05) is 24.0 Å². The topological polar surface area (TPSA) is 62.5 Å².